The summed E-state index contributed by atoms with van der Waals surface area (Å²) in [5, 5.41) is 0.299. The van der Waals surface area contributed by atoms with Gasteiger partial charge in [-0.1, -0.05) is 18.5 Å². The predicted octanol–water partition coefficient (Wildman–Crippen LogP) is 4.19. The van der Waals surface area contributed by atoms with E-state index >= 15 is 0 Å². The molecule has 0 aliphatic rings. The van der Waals surface area contributed by atoms with E-state index in [0.29, 0.717) is 11.4 Å². The van der Waals surface area contributed by atoms with Gasteiger partial charge in [-0.3, -0.25) is 0 Å². The molecule has 1 unspecified atom stereocenters. The Balaban J connectivity index is 3.33. The van der Waals surface area contributed by atoms with Gasteiger partial charge in [-0.25, -0.2) is 0 Å². The lowest BCUT2D eigenvalue weighted by molar-refractivity contribution is -0.138. The van der Waals surface area contributed by atoms with Crippen molar-refractivity contribution >= 4 is 11.6 Å². The lowest BCUT2D eigenvalue weighted by Gasteiger charge is -2.26. The van der Waals surface area contributed by atoms with Crippen LogP contribution in [-0.4, -0.2) is 19.0 Å². The highest BCUT2D eigenvalue weighted by atomic mass is 35.5. The van der Waals surface area contributed by atoms with Crippen LogP contribution < -0.4 is 0 Å². The third-order valence-corrected chi connectivity index (χ3v) is 2.81. The average Bonchev–Trinajstić information content (AvgIpc) is 2.16. The molecule has 1 nitrogen and oxygen atoms in total. The second-order valence-corrected chi connectivity index (χ2v) is 4.43. The van der Waals surface area contributed by atoms with E-state index in [0.717, 1.165) is 6.07 Å². The van der Waals surface area contributed by atoms with Crippen LogP contribution in [0.15, 0.2) is 18.2 Å². The van der Waals surface area contributed by atoms with Crippen LogP contribution in [0, 0.1) is 6.92 Å². The van der Waals surface area contributed by atoms with E-state index in [1.807, 2.05) is 0 Å². The summed E-state index contributed by atoms with van der Waals surface area (Å²) in [6.45, 7) is 3.68. The average molecular weight is 265 g/mol. The standard InChI is InChI=1S/C12H14ClF3N/c1-4-11(17(2)3)9-7-8(13)5-6-10(9)12(14,15)16/h5-7,11H,1,4H2,2-3H3. The zero-order valence-electron chi connectivity index (χ0n) is 9.68. The molecule has 95 valence electrons. The van der Waals surface area contributed by atoms with Crippen molar-refractivity contribution in [3.8, 4) is 0 Å². The molecule has 0 fully saturated rings. The second kappa shape index (κ2) is 5.27. The molecule has 0 aromatic heterocycles. The number of hydrogen-bond acceptors (Lipinski definition) is 1. The molecule has 0 amide bonds. The molecule has 1 rings (SSSR count). The zero-order chi connectivity index (χ0) is 13.2. The first-order valence-corrected chi connectivity index (χ1v) is 5.47. The first-order chi connectivity index (χ1) is 7.77. The van der Waals surface area contributed by atoms with E-state index in [1.54, 1.807) is 19.0 Å². The molecule has 1 radical (unpaired) electrons. The fourth-order valence-electron chi connectivity index (χ4n) is 1.76. The number of nitrogens with zero attached hydrogens (tertiary/aromatic N) is 1. The summed E-state index contributed by atoms with van der Waals surface area (Å²) < 4.78 is 38.6. The van der Waals surface area contributed by atoms with E-state index in [-0.39, 0.29) is 5.56 Å². The third-order valence-electron chi connectivity index (χ3n) is 2.57. The number of benzene rings is 1. The van der Waals surface area contributed by atoms with Crippen molar-refractivity contribution in [3.63, 3.8) is 0 Å². The summed E-state index contributed by atoms with van der Waals surface area (Å²) >= 11 is 5.77. The molecule has 5 heteroatoms. The van der Waals surface area contributed by atoms with Crippen LogP contribution in [0.3, 0.4) is 0 Å². The molecule has 17 heavy (non-hydrogen) atoms. The fraction of sp³-hybridized carbons (Fsp3) is 0.417. The van der Waals surface area contributed by atoms with Crippen LogP contribution in [0.5, 0.6) is 0 Å². The van der Waals surface area contributed by atoms with Gasteiger partial charge in [-0.15, -0.1) is 0 Å². The summed E-state index contributed by atoms with van der Waals surface area (Å²) in [5.74, 6) is 0. The number of hydrogen-bond donors (Lipinski definition) is 0. The van der Waals surface area contributed by atoms with Crippen molar-refractivity contribution in [2.75, 3.05) is 14.1 Å². The van der Waals surface area contributed by atoms with Gasteiger partial charge in [0.1, 0.15) is 0 Å². The fourth-order valence-corrected chi connectivity index (χ4v) is 1.94. The molecule has 0 heterocycles. The molecule has 0 saturated carbocycles. The minimum atomic E-state index is -4.37. The van der Waals surface area contributed by atoms with Gasteiger partial charge >= 0.3 is 6.18 Å². The first-order valence-electron chi connectivity index (χ1n) is 5.09. The topological polar surface area (TPSA) is 3.24 Å². The Morgan fingerprint density at radius 2 is 1.94 bits per heavy atom. The Kier molecular flexibility index (Phi) is 4.44. The highest BCUT2D eigenvalue weighted by Crippen LogP contribution is 2.38. The summed E-state index contributed by atoms with van der Waals surface area (Å²) in [5.41, 5.74) is -0.478. The molecule has 0 aliphatic heterocycles. The Morgan fingerprint density at radius 1 is 1.35 bits per heavy atom. The van der Waals surface area contributed by atoms with Gasteiger partial charge in [0, 0.05) is 11.1 Å². The Hall–Kier alpha value is -0.740. The van der Waals surface area contributed by atoms with E-state index < -0.39 is 17.8 Å². The summed E-state index contributed by atoms with van der Waals surface area (Å²) in [7, 11) is 3.44. The minimum absolute atomic E-state index is 0.171. The van der Waals surface area contributed by atoms with E-state index in [2.05, 4.69) is 6.92 Å². The van der Waals surface area contributed by atoms with E-state index in [9.17, 15) is 13.2 Å². The SMILES string of the molecule is [CH2]CC(c1cc(Cl)ccc1C(F)(F)F)N(C)C. The van der Waals surface area contributed by atoms with Crippen molar-refractivity contribution in [2.45, 2.75) is 18.6 Å². The minimum Gasteiger partial charge on any atom is -0.302 e. The number of rotatable bonds is 3. The maximum Gasteiger partial charge on any atom is 0.416 e. The van der Waals surface area contributed by atoms with Gasteiger partial charge in [0.2, 0.25) is 0 Å². The van der Waals surface area contributed by atoms with Crippen molar-refractivity contribution in [3.05, 3.63) is 41.3 Å². The molecule has 1 aromatic carbocycles. The monoisotopic (exact) mass is 264 g/mol. The van der Waals surface area contributed by atoms with Crippen LogP contribution in [0.4, 0.5) is 13.2 Å². The van der Waals surface area contributed by atoms with Gasteiger partial charge in [0.15, 0.2) is 0 Å². The van der Waals surface area contributed by atoms with Gasteiger partial charge < -0.3 is 4.90 Å². The van der Waals surface area contributed by atoms with Crippen molar-refractivity contribution < 1.29 is 13.2 Å². The molecular weight excluding hydrogens is 251 g/mol. The normalized spacial score (nSPS) is 14.1. The van der Waals surface area contributed by atoms with Crippen LogP contribution in [0.2, 0.25) is 5.02 Å². The van der Waals surface area contributed by atoms with E-state index in [4.69, 9.17) is 11.6 Å². The van der Waals surface area contributed by atoms with Crippen molar-refractivity contribution in [1.29, 1.82) is 0 Å². The molecule has 0 saturated heterocycles. The summed E-state index contributed by atoms with van der Waals surface area (Å²) in [6, 6.07) is 3.23. The second-order valence-electron chi connectivity index (χ2n) is 4.00. The van der Waals surface area contributed by atoms with Gasteiger partial charge in [0.25, 0.3) is 0 Å². The third kappa shape index (κ3) is 3.36. The van der Waals surface area contributed by atoms with Gasteiger partial charge in [-0.2, -0.15) is 13.2 Å². The Bertz CT molecular complexity index is 388. The molecule has 0 N–H and O–H groups in total. The van der Waals surface area contributed by atoms with Crippen LogP contribution in [0.1, 0.15) is 23.6 Å². The molecule has 1 aromatic rings. The zero-order valence-corrected chi connectivity index (χ0v) is 10.4. The Labute approximate surface area is 104 Å². The van der Waals surface area contributed by atoms with Gasteiger partial charge in [-0.05, 0) is 44.3 Å². The summed E-state index contributed by atoms with van der Waals surface area (Å²) in [4.78, 5) is 1.70. The largest absolute Gasteiger partial charge is 0.416 e. The molecule has 0 spiro atoms. The molecule has 0 aliphatic carbocycles. The quantitative estimate of drug-likeness (QED) is 0.791. The molecule has 1 atom stereocenters. The lowest BCUT2D eigenvalue weighted by Crippen LogP contribution is -2.22. The van der Waals surface area contributed by atoms with Crippen LogP contribution in [0.25, 0.3) is 0 Å². The molecule has 0 bridgehead atoms. The number of alkyl halides is 3. The first kappa shape index (κ1) is 14.3. The number of halogens is 4. The van der Waals surface area contributed by atoms with Gasteiger partial charge in [0.05, 0.1) is 5.56 Å². The van der Waals surface area contributed by atoms with Crippen molar-refractivity contribution in [1.82, 2.24) is 4.90 Å². The predicted molar refractivity (Wildman–Crippen MR) is 62.9 cm³/mol. The van der Waals surface area contributed by atoms with Crippen LogP contribution >= 0.6 is 11.6 Å². The highest BCUT2D eigenvalue weighted by Gasteiger charge is 2.35. The molecular formula is C12H14ClF3N. The summed E-state index contributed by atoms with van der Waals surface area (Å²) in [6.07, 6.45) is -4.03. The maximum absolute atomic E-state index is 12.9. The Morgan fingerprint density at radius 3 is 2.35 bits per heavy atom. The van der Waals surface area contributed by atoms with Crippen molar-refractivity contribution in [2.24, 2.45) is 0 Å². The van der Waals surface area contributed by atoms with E-state index in [1.165, 1.54) is 12.1 Å². The smallest absolute Gasteiger partial charge is 0.302 e. The highest BCUT2D eigenvalue weighted by molar-refractivity contribution is 6.30. The van der Waals surface area contributed by atoms with Crippen LogP contribution in [-0.2, 0) is 6.18 Å². The maximum atomic E-state index is 12.9. The lowest BCUT2D eigenvalue weighted by atomic mass is 9.97.